The van der Waals surface area contributed by atoms with Gasteiger partial charge in [-0.3, -0.25) is 0 Å². The van der Waals surface area contributed by atoms with Crippen LogP contribution in [0.4, 0.5) is 4.79 Å². The molecule has 0 aliphatic rings. The summed E-state index contributed by atoms with van der Waals surface area (Å²) in [6, 6.07) is 16.9. The van der Waals surface area contributed by atoms with Crippen LogP contribution in [0, 0.1) is 0 Å². The first-order valence-corrected chi connectivity index (χ1v) is 8.88. The second-order valence-corrected chi connectivity index (χ2v) is 7.09. The quantitative estimate of drug-likeness (QED) is 0.505. The molecule has 0 fully saturated rings. The van der Waals surface area contributed by atoms with Crippen LogP contribution in [-0.4, -0.2) is 41.1 Å². The molecule has 0 unspecified atom stereocenters. The van der Waals surface area contributed by atoms with Gasteiger partial charge >= 0.3 is 12.0 Å². The summed E-state index contributed by atoms with van der Waals surface area (Å²) in [4.78, 5) is 23.6. The zero-order valence-electron chi connectivity index (χ0n) is 16.2. The molecule has 2 aromatic rings. The molecule has 2 amide bonds. The molecule has 7 nitrogen and oxygen atoms in total. The molecule has 0 spiro atoms. The lowest BCUT2D eigenvalue weighted by Gasteiger charge is -2.22. The van der Waals surface area contributed by atoms with Crippen LogP contribution in [0.5, 0.6) is 0 Å². The molecule has 148 valence electrons. The fraction of sp³-hybridized carbons (Fsp3) is 0.286. The standard InChI is InChI=1S/C21H25N3O4/c1-21(2,3)28-14-17(19(25)26)22-20(27)24-23-18(15-10-6-4-7-11-15)16-12-8-5-9-13-16/h4-13,17H,14H2,1-3H3,(H,25,26)(H2,22,24,27)/t17-/m0/s1. The van der Waals surface area contributed by atoms with E-state index in [0.29, 0.717) is 5.71 Å². The topological polar surface area (TPSA) is 100 Å². The van der Waals surface area contributed by atoms with E-state index in [4.69, 9.17) is 4.74 Å². The largest absolute Gasteiger partial charge is 0.480 e. The number of carboxylic acids is 1. The normalized spacial score (nSPS) is 12.0. The van der Waals surface area contributed by atoms with Crippen LogP contribution in [0.25, 0.3) is 0 Å². The maximum absolute atomic E-state index is 12.2. The van der Waals surface area contributed by atoms with Gasteiger partial charge < -0.3 is 15.2 Å². The number of carbonyl (C=O) groups excluding carboxylic acids is 1. The van der Waals surface area contributed by atoms with Crippen molar-refractivity contribution in [3.63, 3.8) is 0 Å². The Hall–Kier alpha value is -3.19. The van der Waals surface area contributed by atoms with Gasteiger partial charge in [0.2, 0.25) is 0 Å². The number of hydrogen-bond acceptors (Lipinski definition) is 4. The van der Waals surface area contributed by atoms with Crippen LogP contribution in [0.2, 0.25) is 0 Å². The van der Waals surface area contributed by atoms with Crippen molar-refractivity contribution in [1.29, 1.82) is 0 Å². The first-order chi connectivity index (χ1) is 13.3. The van der Waals surface area contributed by atoms with Gasteiger partial charge in [-0.05, 0) is 20.8 Å². The van der Waals surface area contributed by atoms with Gasteiger partial charge in [0.1, 0.15) is 0 Å². The molecule has 2 aromatic carbocycles. The Kier molecular flexibility index (Phi) is 7.28. The fourth-order valence-corrected chi connectivity index (χ4v) is 2.29. The second kappa shape index (κ2) is 9.66. The summed E-state index contributed by atoms with van der Waals surface area (Å²) in [5.41, 5.74) is 4.07. The highest BCUT2D eigenvalue weighted by Gasteiger charge is 2.23. The molecule has 0 saturated heterocycles. The number of aliphatic carboxylic acids is 1. The molecule has 0 aliphatic carbocycles. The van der Waals surface area contributed by atoms with Crippen molar-refractivity contribution in [1.82, 2.24) is 10.7 Å². The minimum absolute atomic E-state index is 0.153. The van der Waals surface area contributed by atoms with Gasteiger partial charge in [-0.1, -0.05) is 60.7 Å². The van der Waals surface area contributed by atoms with Gasteiger partial charge in [-0.25, -0.2) is 15.0 Å². The lowest BCUT2D eigenvalue weighted by atomic mass is 10.0. The van der Waals surface area contributed by atoms with Crippen LogP contribution in [0.3, 0.4) is 0 Å². The van der Waals surface area contributed by atoms with E-state index in [-0.39, 0.29) is 6.61 Å². The zero-order valence-corrected chi connectivity index (χ0v) is 16.2. The third-order valence-corrected chi connectivity index (χ3v) is 3.65. The van der Waals surface area contributed by atoms with Gasteiger partial charge in [0.15, 0.2) is 6.04 Å². The van der Waals surface area contributed by atoms with Gasteiger partial charge in [-0.15, -0.1) is 0 Å². The highest BCUT2D eigenvalue weighted by Crippen LogP contribution is 2.10. The van der Waals surface area contributed by atoms with Crippen molar-refractivity contribution < 1.29 is 19.4 Å². The molecule has 0 bridgehead atoms. The predicted octanol–water partition coefficient (Wildman–Crippen LogP) is 3.01. The summed E-state index contributed by atoms with van der Waals surface area (Å²) < 4.78 is 5.46. The van der Waals surface area contributed by atoms with Gasteiger partial charge in [0, 0.05) is 11.1 Å². The Morgan fingerprint density at radius 3 is 1.93 bits per heavy atom. The molecule has 0 saturated carbocycles. The average Bonchev–Trinajstić information content (AvgIpc) is 2.66. The number of urea groups is 1. The fourth-order valence-electron chi connectivity index (χ4n) is 2.29. The van der Waals surface area contributed by atoms with E-state index in [1.807, 2.05) is 81.4 Å². The summed E-state index contributed by atoms with van der Waals surface area (Å²) in [5.74, 6) is -1.19. The lowest BCUT2D eigenvalue weighted by Crippen LogP contribution is -2.48. The number of hydrogen-bond donors (Lipinski definition) is 3. The minimum atomic E-state index is -1.19. The highest BCUT2D eigenvalue weighted by atomic mass is 16.5. The Bertz CT molecular complexity index is 773. The van der Waals surface area contributed by atoms with Gasteiger partial charge in [-0.2, -0.15) is 5.10 Å². The number of ether oxygens (including phenoxy) is 1. The maximum atomic E-state index is 12.2. The van der Waals surface area contributed by atoms with E-state index in [1.165, 1.54) is 0 Å². The van der Waals surface area contributed by atoms with E-state index < -0.39 is 23.6 Å². The summed E-state index contributed by atoms with van der Waals surface area (Å²) in [6.07, 6.45) is 0. The first kappa shape index (κ1) is 21.1. The minimum Gasteiger partial charge on any atom is -0.480 e. The van der Waals surface area contributed by atoms with Crippen LogP contribution in [0.15, 0.2) is 65.8 Å². The van der Waals surface area contributed by atoms with E-state index >= 15 is 0 Å². The average molecular weight is 383 g/mol. The smallest absolute Gasteiger partial charge is 0.335 e. The Morgan fingerprint density at radius 1 is 1.00 bits per heavy atom. The Balaban J connectivity index is 2.12. The van der Waals surface area contributed by atoms with Gasteiger partial charge in [0.25, 0.3) is 0 Å². The van der Waals surface area contributed by atoms with Crippen molar-refractivity contribution in [2.75, 3.05) is 6.61 Å². The number of nitrogens with one attached hydrogen (secondary N) is 2. The molecule has 28 heavy (non-hydrogen) atoms. The van der Waals surface area contributed by atoms with Crippen LogP contribution >= 0.6 is 0 Å². The maximum Gasteiger partial charge on any atom is 0.335 e. The number of carbonyl (C=O) groups is 2. The third-order valence-electron chi connectivity index (χ3n) is 3.65. The van der Waals surface area contributed by atoms with Crippen molar-refractivity contribution in [3.05, 3.63) is 71.8 Å². The van der Waals surface area contributed by atoms with Crippen LogP contribution in [0.1, 0.15) is 31.9 Å². The Morgan fingerprint density at radius 2 is 1.50 bits per heavy atom. The van der Waals surface area contributed by atoms with Crippen LogP contribution < -0.4 is 10.7 Å². The molecule has 0 aromatic heterocycles. The number of carboxylic acid groups (broad SMARTS) is 1. The number of nitrogens with zero attached hydrogens (tertiary/aromatic N) is 1. The van der Waals surface area contributed by atoms with Crippen molar-refractivity contribution in [2.45, 2.75) is 32.4 Å². The molecular formula is C21H25N3O4. The number of hydrazone groups is 1. The predicted molar refractivity (Wildman–Crippen MR) is 107 cm³/mol. The summed E-state index contributed by atoms with van der Waals surface area (Å²) in [5, 5.41) is 15.9. The number of benzene rings is 2. The van der Waals surface area contributed by atoms with Crippen LogP contribution in [-0.2, 0) is 9.53 Å². The van der Waals surface area contributed by atoms with Crippen molar-refractivity contribution in [2.24, 2.45) is 5.10 Å². The molecule has 1 atom stereocenters. The van der Waals surface area contributed by atoms with E-state index in [2.05, 4.69) is 15.8 Å². The van der Waals surface area contributed by atoms with Crippen molar-refractivity contribution >= 4 is 17.7 Å². The zero-order chi connectivity index (χ0) is 20.6. The second-order valence-electron chi connectivity index (χ2n) is 7.09. The summed E-state index contributed by atoms with van der Waals surface area (Å²) in [7, 11) is 0. The first-order valence-electron chi connectivity index (χ1n) is 8.88. The van der Waals surface area contributed by atoms with E-state index in [1.54, 1.807) is 0 Å². The summed E-state index contributed by atoms with van der Waals surface area (Å²) >= 11 is 0. The van der Waals surface area contributed by atoms with Gasteiger partial charge in [0.05, 0.1) is 17.9 Å². The molecule has 3 N–H and O–H groups in total. The van der Waals surface area contributed by atoms with Crippen molar-refractivity contribution in [3.8, 4) is 0 Å². The highest BCUT2D eigenvalue weighted by molar-refractivity contribution is 6.13. The molecule has 0 radical (unpaired) electrons. The lowest BCUT2D eigenvalue weighted by molar-refractivity contribution is -0.142. The molecule has 0 aliphatic heterocycles. The van der Waals surface area contributed by atoms with E-state index in [9.17, 15) is 14.7 Å². The molecule has 2 rings (SSSR count). The Labute approximate surface area is 164 Å². The molecule has 7 heteroatoms. The molecule has 0 heterocycles. The van der Waals surface area contributed by atoms with E-state index in [0.717, 1.165) is 11.1 Å². The summed E-state index contributed by atoms with van der Waals surface area (Å²) in [6.45, 7) is 5.27. The number of rotatable bonds is 7. The SMILES string of the molecule is CC(C)(C)OC[C@H](NC(=O)NN=C(c1ccccc1)c1ccccc1)C(=O)O. The number of amides is 2. The third kappa shape index (κ3) is 6.85. The molecular weight excluding hydrogens is 358 g/mol. The monoisotopic (exact) mass is 383 g/mol.